The SMILES string of the molecule is C[C@@H](c1ccc(C(F)(F)F)nc1)n1nc(C#N)c2c(=O)[nH]c([C@@H]3CC[C@H]3n3cc(C4CC4)cn3)nc21. The van der Waals surface area contributed by atoms with Gasteiger partial charge in [-0.2, -0.15) is 28.6 Å². The van der Waals surface area contributed by atoms with Crippen LogP contribution in [0.2, 0.25) is 0 Å². The molecular formula is C24H21F3N8O. The first-order valence-electron chi connectivity index (χ1n) is 11.7. The summed E-state index contributed by atoms with van der Waals surface area (Å²) in [6.07, 6.45) is 4.63. The van der Waals surface area contributed by atoms with Crippen molar-refractivity contribution < 1.29 is 13.2 Å². The molecule has 12 heteroatoms. The van der Waals surface area contributed by atoms with Crippen molar-refractivity contribution in [3.63, 3.8) is 0 Å². The number of hydrogen-bond acceptors (Lipinski definition) is 6. The lowest BCUT2D eigenvalue weighted by molar-refractivity contribution is -0.141. The lowest BCUT2D eigenvalue weighted by Crippen LogP contribution is -2.30. The second-order valence-corrected chi connectivity index (χ2v) is 9.48. The molecule has 0 amide bonds. The van der Waals surface area contributed by atoms with Gasteiger partial charge in [0, 0.05) is 18.3 Å². The molecule has 9 nitrogen and oxygen atoms in total. The lowest BCUT2D eigenvalue weighted by atomic mass is 9.79. The fourth-order valence-electron chi connectivity index (χ4n) is 4.83. The summed E-state index contributed by atoms with van der Waals surface area (Å²) in [6.45, 7) is 1.70. The van der Waals surface area contributed by atoms with Crippen LogP contribution in [0.3, 0.4) is 0 Å². The van der Waals surface area contributed by atoms with Crippen LogP contribution in [0, 0.1) is 11.3 Å². The maximum Gasteiger partial charge on any atom is 0.433 e. The predicted octanol–water partition coefficient (Wildman–Crippen LogP) is 4.21. The van der Waals surface area contributed by atoms with E-state index in [1.54, 1.807) is 6.92 Å². The Balaban J connectivity index is 1.38. The summed E-state index contributed by atoms with van der Waals surface area (Å²) in [6, 6.07) is 3.58. The molecule has 4 aromatic rings. The van der Waals surface area contributed by atoms with Gasteiger partial charge >= 0.3 is 6.18 Å². The van der Waals surface area contributed by atoms with Crippen LogP contribution in [-0.2, 0) is 6.18 Å². The topological polar surface area (TPSA) is 118 Å². The zero-order chi connectivity index (χ0) is 25.2. The summed E-state index contributed by atoms with van der Waals surface area (Å²) < 4.78 is 42.1. The summed E-state index contributed by atoms with van der Waals surface area (Å²) in [5, 5.41) is 18.4. The third kappa shape index (κ3) is 3.66. The van der Waals surface area contributed by atoms with E-state index in [1.807, 2.05) is 16.9 Å². The van der Waals surface area contributed by atoms with Gasteiger partial charge in [-0.25, -0.2) is 9.67 Å². The molecule has 0 radical (unpaired) electrons. The smallest absolute Gasteiger partial charge is 0.309 e. The number of H-pyrrole nitrogens is 1. The van der Waals surface area contributed by atoms with Crippen molar-refractivity contribution in [1.29, 1.82) is 5.26 Å². The van der Waals surface area contributed by atoms with E-state index in [0.717, 1.165) is 25.1 Å². The quantitative estimate of drug-likeness (QED) is 0.444. The van der Waals surface area contributed by atoms with Gasteiger partial charge in [-0.3, -0.25) is 14.5 Å². The van der Waals surface area contributed by atoms with Crippen LogP contribution in [-0.4, -0.2) is 34.5 Å². The molecule has 4 aromatic heterocycles. The van der Waals surface area contributed by atoms with E-state index >= 15 is 0 Å². The summed E-state index contributed by atoms with van der Waals surface area (Å²) in [5.74, 6) is 1.01. The molecule has 6 rings (SSSR count). The minimum Gasteiger partial charge on any atom is -0.309 e. The van der Waals surface area contributed by atoms with Gasteiger partial charge in [0.25, 0.3) is 5.56 Å². The molecule has 2 saturated carbocycles. The van der Waals surface area contributed by atoms with E-state index < -0.39 is 23.5 Å². The third-order valence-electron chi connectivity index (χ3n) is 7.21. The third-order valence-corrected chi connectivity index (χ3v) is 7.21. The summed E-state index contributed by atoms with van der Waals surface area (Å²) in [4.78, 5) is 24.1. The van der Waals surface area contributed by atoms with Crippen molar-refractivity contribution in [2.45, 2.75) is 62.7 Å². The van der Waals surface area contributed by atoms with Crippen LogP contribution in [0.5, 0.6) is 0 Å². The van der Waals surface area contributed by atoms with Gasteiger partial charge in [0.05, 0.1) is 18.3 Å². The van der Waals surface area contributed by atoms with Crippen molar-refractivity contribution in [3.05, 3.63) is 69.4 Å². The van der Waals surface area contributed by atoms with Gasteiger partial charge < -0.3 is 4.98 Å². The Hall–Kier alpha value is -4.01. The molecule has 0 aromatic carbocycles. The summed E-state index contributed by atoms with van der Waals surface area (Å²) in [5.41, 5.74) is 0.309. The highest BCUT2D eigenvalue weighted by atomic mass is 19.4. The van der Waals surface area contributed by atoms with E-state index in [1.165, 1.54) is 29.2 Å². The van der Waals surface area contributed by atoms with Gasteiger partial charge in [-0.05, 0) is 55.7 Å². The van der Waals surface area contributed by atoms with Crippen molar-refractivity contribution in [3.8, 4) is 6.07 Å². The van der Waals surface area contributed by atoms with Crippen LogP contribution >= 0.6 is 0 Å². The number of alkyl halides is 3. The van der Waals surface area contributed by atoms with E-state index in [0.29, 0.717) is 17.3 Å². The molecule has 36 heavy (non-hydrogen) atoms. The molecule has 0 unspecified atom stereocenters. The average Bonchev–Trinajstić information content (AvgIpc) is 3.45. The maximum atomic E-state index is 13.0. The van der Waals surface area contributed by atoms with Gasteiger partial charge in [-0.15, -0.1) is 0 Å². The molecule has 2 aliphatic carbocycles. The molecule has 0 spiro atoms. The monoisotopic (exact) mass is 494 g/mol. The minimum atomic E-state index is -4.55. The zero-order valence-corrected chi connectivity index (χ0v) is 19.2. The Kier molecular flexibility index (Phi) is 5.00. The largest absolute Gasteiger partial charge is 0.433 e. The Bertz CT molecular complexity index is 1560. The number of pyridine rings is 1. The number of aromatic amines is 1. The number of hydrogen-bond donors (Lipinski definition) is 1. The van der Waals surface area contributed by atoms with Crippen LogP contribution < -0.4 is 5.56 Å². The van der Waals surface area contributed by atoms with E-state index in [9.17, 15) is 23.2 Å². The fraction of sp³-hybridized carbons (Fsp3) is 0.417. The average molecular weight is 494 g/mol. The molecule has 3 atom stereocenters. The Morgan fingerprint density at radius 2 is 2.00 bits per heavy atom. The number of rotatable bonds is 5. The number of halogens is 3. The number of nitrogens with zero attached hydrogens (tertiary/aromatic N) is 7. The Morgan fingerprint density at radius 3 is 2.61 bits per heavy atom. The highest BCUT2D eigenvalue weighted by Gasteiger charge is 2.38. The molecule has 1 N–H and O–H groups in total. The van der Waals surface area contributed by atoms with Crippen LogP contribution in [0.1, 0.15) is 84.9 Å². The zero-order valence-electron chi connectivity index (χ0n) is 19.2. The molecule has 0 saturated heterocycles. The molecule has 2 aliphatic rings. The summed E-state index contributed by atoms with van der Waals surface area (Å²) in [7, 11) is 0. The van der Waals surface area contributed by atoms with Crippen molar-refractivity contribution in [2.24, 2.45) is 0 Å². The Labute approximate surface area is 202 Å². The van der Waals surface area contributed by atoms with E-state index in [-0.39, 0.29) is 28.7 Å². The lowest BCUT2D eigenvalue weighted by Gasteiger charge is -2.35. The molecule has 0 aliphatic heterocycles. The van der Waals surface area contributed by atoms with Gasteiger partial charge in [0.1, 0.15) is 23.0 Å². The van der Waals surface area contributed by atoms with Crippen LogP contribution in [0.4, 0.5) is 13.2 Å². The highest BCUT2D eigenvalue weighted by Crippen LogP contribution is 2.46. The van der Waals surface area contributed by atoms with Gasteiger partial charge in [0.15, 0.2) is 11.3 Å². The molecule has 4 heterocycles. The fourth-order valence-corrected chi connectivity index (χ4v) is 4.83. The number of nitriles is 1. The molecule has 0 bridgehead atoms. The standard InChI is InChI=1S/C24H21F3N8O/c1-12(14-4-7-19(29-9-14)24(25,26)27)35-22-20(17(8-28)33-35)23(36)32-21(31-22)16-5-6-18(16)34-11-15(10-30-34)13-2-3-13/h4,7,9-13,16,18H,2-3,5-6H2,1H3,(H,31,32,36)/t12-,16+,18+/m0/s1. The number of fused-ring (bicyclic) bond motifs is 1. The molecule has 184 valence electrons. The minimum absolute atomic E-state index is 0.0546. The highest BCUT2D eigenvalue weighted by molar-refractivity contribution is 5.80. The summed E-state index contributed by atoms with van der Waals surface area (Å²) >= 11 is 0. The normalized spacial score (nSPS) is 20.8. The van der Waals surface area contributed by atoms with Gasteiger partial charge in [0.2, 0.25) is 0 Å². The van der Waals surface area contributed by atoms with E-state index in [2.05, 4.69) is 26.4 Å². The van der Waals surface area contributed by atoms with E-state index in [4.69, 9.17) is 4.98 Å². The van der Waals surface area contributed by atoms with Crippen molar-refractivity contribution in [1.82, 2.24) is 34.5 Å². The maximum absolute atomic E-state index is 13.0. The predicted molar refractivity (Wildman–Crippen MR) is 121 cm³/mol. The first kappa shape index (κ1) is 22.5. The molecular weight excluding hydrogens is 473 g/mol. The molecule has 2 fully saturated rings. The first-order valence-corrected chi connectivity index (χ1v) is 11.7. The second-order valence-electron chi connectivity index (χ2n) is 9.48. The van der Waals surface area contributed by atoms with Crippen LogP contribution in [0.15, 0.2) is 35.5 Å². The second kappa shape index (κ2) is 8.01. The van der Waals surface area contributed by atoms with Gasteiger partial charge in [-0.1, -0.05) is 6.07 Å². The van der Waals surface area contributed by atoms with Crippen molar-refractivity contribution in [2.75, 3.05) is 0 Å². The van der Waals surface area contributed by atoms with Crippen LogP contribution in [0.25, 0.3) is 11.0 Å². The number of aromatic nitrogens is 7. The first-order chi connectivity index (χ1) is 17.2. The van der Waals surface area contributed by atoms with Crippen molar-refractivity contribution >= 4 is 11.0 Å². The number of nitrogens with one attached hydrogen (secondary N) is 1. The Morgan fingerprint density at radius 1 is 1.19 bits per heavy atom.